The van der Waals surface area contributed by atoms with E-state index in [1.54, 1.807) is 0 Å². The summed E-state index contributed by atoms with van der Waals surface area (Å²) >= 11 is 0. The number of nitrogens with two attached hydrogens (primary N) is 1. The third-order valence-corrected chi connectivity index (χ3v) is 3.80. The Hall–Kier alpha value is -0.570. The molecule has 2 N–H and O–H groups in total. The quantitative estimate of drug-likeness (QED) is 0.642. The van der Waals surface area contributed by atoms with Crippen LogP contribution >= 0.6 is 0 Å². The monoisotopic (exact) mass is 196 g/mol. The number of hydrogen-bond acceptors (Lipinski definition) is 2. The molecule has 1 aliphatic carbocycles. The Morgan fingerprint density at radius 2 is 1.93 bits per heavy atom. The van der Waals surface area contributed by atoms with Crippen molar-refractivity contribution in [3.63, 3.8) is 0 Å². The first kappa shape index (κ1) is 9.97. The number of β-lactam (4-membered cyclic amide) rings is 1. The van der Waals surface area contributed by atoms with Gasteiger partial charge in [0.15, 0.2) is 0 Å². The molecule has 80 valence electrons. The van der Waals surface area contributed by atoms with Gasteiger partial charge in [-0.05, 0) is 26.7 Å². The lowest BCUT2D eigenvalue weighted by atomic mass is 9.68. The Labute approximate surface area is 85.6 Å². The summed E-state index contributed by atoms with van der Waals surface area (Å²) in [6, 6.07) is 0.0885. The summed E-state index contributed by atoms with van der Waals surface area (Å²) in [6.07, 6.45) is 5.97. The number of carbonyl (C=O) groups is 1. The van der Waals surface area contributed by atoms with Crippen LogP contribution in [0.25, 0.3) is 0 Å². The second-order valence-electron chi connectivity index (χ2n) is 4.94. The predicted octanol–water partition coefficient (Wildman–Crippen LogP) is 1.27. The van der Waals surface area contributed by atoms with Crippen LogP contribution in [0.1, 0.15) is 46.0 Å². The number of nitrogens with zero attached hydrogens (tertiary/aromatic N) is 1. The van der Waals surface area contributed by atoms with Crippen LogP contribution in [-0.2, 0) is 4.79 Å². The first-order chi connectivity index (χ1) is 6.59. The van der Waals surface area contributed by atoms with Crippen molar-refractivity contribution in [2.24, 2.45) is 5.73 Å². The topological polar surface area (TPSA) is 46.3 Å². The molecule has 0 bridgehead atoms. The summed E-state index contributed by atoms with van der Waals surface area (Å²) < 4.78 is 0. The minimum Gasteiger partial charge on any atom is -0.331 e. The molecule has 0 unspecified atom stereocenters. The number of likely N-dealkylation sites (tertiary alicyclic amines) is 1. The van der Waals surface area contributed by atoms with Crippen molar-refractivity contribution in [1.29, 1.82) is 0 Å². The highest BCUT2D eigenvalue weighted by atomic mass is 16.2. The second kappa shape index (κ2) is 3.23. The van der Waals surface area contributed by atoms with Crippen LogP contribution in [-0.4, -0.2) is 28.4 Å². The van der Waals surface area contributed by atoms with Crippen molar-refractivity contribution in [2.45, 2.75) is 63.6 Å². The van der Waals surface area contributed by atoms with Gasteiger partial charge in [-0.3, -0.25) is 4.79 Å². The van der Waals surface area contributed by atoms with Crippen molar-refractivity contribution in [3.05, 3.63) is 0 Å². The zero-order chi connectivity index (χ0) is 10.3. The molecule has 0 aromatic heterocycles. The van der Waals surface area contributed by atoms with Crippen LogP contribution in [0, 0.1) is 0 Å². The molecular formula is C11H20N2O. The van der Waals surface area contributed by atoms with Crippen molar-refractivity contribution >= 4 is 5.91 Å². The first-order valence-corrected chi connectivity index (χ1v) is 5.68. The average Bonchev–Trinajstić information content (AvgIpc) is 2.18. The van der Waals surface area contributed by atoms with E-state index in [4.69, 9.17) is 5.73 Å². The Balaban J connectivity index is 2.19. The first-order valence-electron chi connectivity index (χ1n) is 5.68. The SMILES string of the molecule is CC(C)N1C(=O)[C@H](N)C12CCCCC2. The fraction of sp³-hybridized carbons (Fsp3) is 0.909. The molecule has 0 radical (unpaired) electrons. The minimum atomic E-state index is -0.217. The van der Waals surface area contributed by atoms with Crippen molar-refractivity contribution in [2.75, 3.05) is 0 Å². The third kappa shape index (κ3) is 1.11. The minimum absolute atomic E-state index is 0.0313. The van der Waals surface area contributed by atoms with Crippen molar-refractivity contribution < 1.29 is 4.79 Å². The van der Waals surface area contributed by atoms with E-state index < -0.39 is 0 Å². The summed E-state index contributed by atoms with van der Waals surface area (Å²) in [7, 11) is 0. The lowest BCUT2D eigenvalue weighted by Crippen LogP contribution is -2.79. The van der Waals surface area contributed by atoms with Crippen molar-refractivity contribution in [3.8, 4) is 0 Å². The predicted molar refractivity (Wildman–Crippen MR) is 55.8 cm³/mol. The number of carbonyl (C=O) groups excluding carboxylic acids is 1. The van der Waals surface area contributed by atoms with Gasteiger partial charge in [-0.1, -0.05) is 19.3 Å². The van der Waals surface area contributed by atoms with Gasteiger partial charge in [0.1, 0.15) is 6.04 Å². The van der Waals surface area contributed by atoms with E-state index in [1.165, 1.54) is 19.3 Å². The number of amides is 1. The molecule has 1 atom stereocenters. The van der Waals surface area contributed by atoms with E-state index in [1.807, 2.05) is 4.90 Å². The fourth-order valence-corrected chi connectivity index (χ4v) is 3.17. The van der Waals surface area contributed by atoms with Crippen molar-refractivity contribution in [1.82, 2.24) is 4.90 Å². The van der Waals surface area contributed by atoms with Gasteiger partial charge < -0.3 is 10.6 Å². The molecule has 3 nitrogen and oxygen atoms in total. The maximum atomic E-state index is 11.7. The van der Waals surface area contributed by atoms with E-state index in [-0.39, 0.29) is 17.5 Å². The molecule has 1 heterocycles. The molecule has 3 heteroatoms. The van der Waals surface area contributed by atoms with E-state index >= 15 is 0 Å². The Morgan fingerprint density at radius 3 is 2.43 bits per heavy atom. The highest BCUT2D eigenvalue weighted by Crippen LogP contribution is 2.44. The third-order valence-electron chi connectivity index (χ3n) is 3.80. The maximum Gasteiger partial charge on any atom is 0.242 e. The van der Waals surface area contributed by atoms with Gasteiger partial charge in [-0.15, -0.1) is 0 Å². The molecule has 1 aliphatic heterocycles. The molecule has 0 aromatic rings. The molecule has 1 saturated carbocycles. The molecule has 2 aliphatic rings. The van der Waals surface area contributed by atoms with Crippen LogP contribution in [0.4, 0.5) is 0 Å². The largest absolute Gasteiger partial charge is 0.331 e. The Kier molecular flexibility index (Phi) is 2.30. The average molecular weight is 196 g/mol. The van der Waals surface area contributed by atoms with Crippen LogP contribution in [0.2, 0.25) is 0 Å². The smallest absolute Gasteiger partial charge is 0.242 e. The number of hydrogen-bond donors (Lipinski definition) is 1. The highest BCUT2D eigenvalue weighted by molar-refractivity contribution is 5.91. The molecule has 2 rings (SSSR count). The second-order valence-corrected chi connectivity index (χ2v) is 4.94. The molecule has 2 fully saturated rings. The van der Waals surface area contributed by atoms with Gasteiger partial charge >= 0.3 is 0 Å². The lowest BCUT2D eigenvalue weighted by molar-refractivity contribution is -0.169. The van der Waals surface area contributed by atoms with Gasteiger partial charge in [0, 0.05) is 6.04 Å². The van der Waals surface area contributed by atoms with E-state index in [0.29, 0.717) is 6.04 Å². The molecule has 14 heavy (non-hydrogen) atoms. The molecule has 0 aromatic carbocycles. The van der Waals surface area contributed by atoms with Gasteiger partial charge in [0.05, 0.1) is 5.54 Å². The standard InChI is InChI=1S/C11H20N2O/c1-8(2)13-10(14)9(12)11(13)6-4-3-5-7-11/h8-9H,3-7,12H2,1-2H3/t9-/m0/s1. The van der Waals surface area contributed by atoms with Gasteiger partial charge in [-0.25, -0.2) is 0 Å². The van der Waals surface area contributed by atoms with E-state index in [2.05, 4.69) is 13.8 Å². The molecule has 1 spiro atoms. The zero-order valence-electron chi connectivity index (χ0n) is 9.12. The summed E-state index contributed by atoms with van der Waals surface area (Å²) in [4.78, 5) is 13.7. The fourth-order valence-electron chi connectivity index (χ4n) is 3.17. The summed E-state index contributed by atoms with van der Waals surface area (Å²) in [5.41, 5.74) is 6.00. The Morgan fingerprint density at radius 1 is 1.36 bits per heavy atom. The lowest BCUT2D eigenvalue weighted by Gasteiger charge is -2.60. The van der Waals surface area contributed by atoms with Gasteiger partial charge in [-0.2, -0.15) is 0 Å². The molecule has 1 saturated heterocycles. The summed E-state index contributed by atoms with van der Waals surface area (Å²) in [5, 5.41) is 0. The Bertz CT molecular complexity index is 244. The van der Waals surface area contributed by atoms with E-state index in [0.717, 1.165) is 12.8 Å². The molecule has 1 amide bonds. The van der Waals surface area contributed by atoms with Crippen LogP contribution in [0.3, 0.4) is 0 Å². The normalized spacial score (nSPS) is 31.0. The van der Waals surface area contributed by atoms with E-state index in [9.17, 15) is 4.79 Å². The van der Waals surface area contributed by atoms with Crippen LogP contribution < -0.4 is 5.73 Å². The summed E-state index contributed by atoms with van der Waals surface area (Å²) in [5.74, 6) is 0.155. The van der Waals surface area contributed by atoms with Gasteiger partial charge in [0.2, 0.25) is 5.91 Å². The summed E-state index contributed by atoms with van der Waals surface area (Å²) in [6.45, 7) is 4.17. The number of rotatable bonds is 1. The zero-order valence-corrected chi connectivity index (χ0v) is 9.12. The molecular weight excluding hydrogens is 176 g/mol. The van der Waals surface area contributed by atoms with Crippen LogP contribution in [0.5, 0.6) is 0 Å². The highest BCUT2D eigenvalue weighted by Gasteiger charge is 2.58. The van der Waals surface area contributed by atoms with Crippen LogP contribution in [0.15, 0.2) is 0 Å². The van der Waals surface area contributed by atoms with Gasteiger partial charge in [0.25, 0.3) is 0 Å². The maximum absolute atomic E-state index is 11.7.